The molecule has 2 heterocycles. The van der Waals surface area contributed by atoms with Crippen molar-refractivity contribution in [2.45, 2.75) is 25.5 Å². The highest BCUT2D eigenvalue weighted by atomic mass is 79.9. The second-order valence-corrected chi connectivity index (χ2v) is 7.25. The van der Waals surface area contributed by atoms with E-state index in [0.29, 0.717) is 5.82 Å². The summed E-state index contributed by atoms with van der Waals surface area (Å²) in [5.74, 6) is 0.196. The van der Waals surface area contributed by atoms with E-state index in [1.165, 1.54) is 4.90 Å². The van der Waals surface area contributed by atoms with Crippen LogP contribution in [-0.4, -0.2) is 31.1 Å². The van der Waals surface area contributed by atoms with Gasteiger partial charge >= 0.3 is 0 Å². The Kier molecular flexibility index (Phi) is 3.67. The number of aromatic nitrogens is 1. The average molecular weight is 348 g/mol. The Morgan fingerprint density at radius 2 is 2.11 bits per heavy atom. The maximum atomic E-state index is 11.9. The summed E-state index contributed by atoms with van der Waals surface area (Å²) in [6.45, 7) is 3.77. The number of amides is 1. The van der Waals surface area contributed by atoms with Crippen molar-refractivity contribution in [2.24, 2.45) is 5.14 Å². The minimum Gasteiger partial charge on any atom is -0.295 e. The lowest BCUT2D eigenvalue weighted by atomic mass is 10.2. The summed E-state index contributed by atoms with van der Waals surface area (Å²) in [7, 11) is -3.70. The normalized spacial score (nSPS) is 20.1. The number of aryl methyl sites for hydroxylation is 2. The molecule has 1 fully saturated rings. The molecule has 1 unspecified atom stereocenters. The fraction of sp³-hybridized carbons (Fsp3) is 0.455. The Hall–Kier alpha value is -0.990. The van der Waals surface area contributed by atoms with Gasteiger partial charge in [-0.25, -0.2) is 18.5 Å². The number of primary sulfonamides is 1. The summed E-state index contributed by atoms with van der Waals surface area (Å²) in [6, 6.07) is 1.75. The molecule has 1 atom stereocenters. The summed E-state index contributed by atoms with van der Waals surface area (Å²) in [5.41, 5.74) is 1.69. The predicted molar refractivity (Wildman–Crippen MR) is 75.3 cm³/mol. The smallest absolute Gasteiger partial charge is 0.229 e. The van der Waals surface area contributed by atoms with Crippen LogP contribution in [0.1, 0.15) is 17.7 Å². The highest BCUT2D eigenvalue weighted by Crippen LogP contribution is 2.27. The molecule has 1 aliphatic rings. The minimum absolute atomic E-state index is 0.0607. The first-order valence-corrected chi connectivity index (χ1v) is 8.06. The first kappa shape index (κ1) is 14.4. The van der Waals surface area contributed by atoms with Gasteiger partial charge in [0.1, 0.15) is 11.1 Å². The van der Waals surface area contributed by atoms with Gasteiger partial charge in [0.05, 0.1) is 5.69 Å². The first-order chi connectivity index (χ1) is 8.70. The third-order valence-corrected chi connectivity index (χ3v) is 5.57. The number of anilines is 1. The van der Waals surface area contributed by atoms with Crippen LogP contribution in [0.2, 0.25) is 0 Å². The van der Waals surface area contributed by atoms with E-state index in [-0.39, 0.29) is 18.9 Å². The van der Waals surface area contributed by atoms with Crippen LogP contribution in [0, 0.1) is 13.8 Å². The molecule has 0 radical (unpaired) electrons. The second kappa shape index (κ2) is 4.84. The van der Waals surface area contributed by atoms with Crippen molar-refractivity contribution < 1.29 is 13.2 Å². The van der Waals surface area contributed by atoms with Crippen LogP contribution in [0.3, 0.4) is 0 Å². The molecule has 104 valence electrons. The highest BCUT2D eigenvalue weighted by molar-refractivity contribution is 9.10. The van der Waals surface area contributed by atoms with E-state index in [1.54, 1.807) is 6.07 Å². The number of hydrogen-bond donors (Lipinski definition) is 1. The lowest BCUT2D eigenvalue weighted by Gasteiger charge is -2.17. The molecule has 0 aromatic carbocycles. The number of carbonyl (C=O) groups is 1. The fourth-order valence-corrected chi connectivity index (χ4v) is 2.98. The highest BCUT2D eigenvalue weighted by Gasteiger charge is 2.37. The molecular formula is C11H14BrN3O3S. The Morgan fingerprint density at radius 3 is 2.58 bits per heavy atom. The monoisotopic (exact) mass is 347 g/mol. The number of nitrogens with two attached hydrogens (primary N) is 1. The number of hydrogen-bond acceptors (Lipinski definition) is 4. The van der Waals surface area contributed by atoms with Gasteiger partial charge in [-0.3, -0.25) is 9.69 Å². The number of rotatable bonds is 2. The van der Waals surface area contributed by atoms with Crippen LogP contribution in [-0.2, 0) is 14.8 Å². The zero-order chi connectivity index (χ0) is 14.4. The maximum Gasteiger partial charge on any atom is 0.229 e. The van der Waals surface area contributed by atoms with Crippen LogP contribution >= 0.6 is 15.9 Å². The molecule has 0 saturated carbocycles. The van der Waals surface area contributed by atoms with Gasteiger partial charge in [0.2, 0.25) is 15.9 Å². The van der Waals surface area contributed by atoms with Gasteiger partial charge in [0.15, 0.2) is 0 Å². The van der Waals surface area contributed by atoms with E-state index >= 15 is 0 Å². The van der Waals surface area contributed by atoms with Gasteiger partial charge in [0.25, 0.3) is 0 Å². The SMILES string of the molecule is Cc1cc(N2CC(S(N)(=O)=O)CC2=O)nc(C)c1Br. The van der Waals surface area contributed by atoms with Gasteiger partial charge in [0, 0.05) is 17.4 Å². The van der Waals surface area contributed by atoms with E-state index < -0.39 is 15.3 Å². The number of nitrogens with zero attached hydrogens (tertiary/aromatic N) is 2. The molecular weight excluding hydrogens is 334 g/mol. The largest absolute Gasteiger partial charge is 0.295 e. The van der Waals surface area contributed by atoms with E-state index in [2.05, 4.69) is 20.9 Å². The Balaban J connectivity index is 2.36. The Labute approximate surface area is 120 Å². The molecule has 2 N–H and O–H groups in total. The van der Waals surface area contributed by atoms with Crippen LogP contribution in [0.4, 0.5) is 5.82 Å². The summed E-state index contributed by atoms with van der Waals surface area (Å²) in [5, 5.41) is 4.24. The molecule has 1 amide bonds. The van der Waals surface area contributed by atoms with Crippen molar-refractivity contribution in [1.29, 1.82) is 0 Å². The predicted octanol–water partition coefficient (Wildman–Crippen LogP) is 0.855. The summed E-state index contributed by atoms with van der Waals surface area (Å²) < 4.78 is 23.5. The molecule has 1 saturated heterocycles. The van der Waals surface area contributed by atoms with Crippen LogP contribution < -0.4 is 10.0 Å². The summed E-state index contributed by atoms with van der Waals surface area (Å²) >= 11 is 3.40. The van der Waals surface area contributed by atoms with Gasteiger partial charge in [-0.15, -0.1) is 0 Å². The van der Waals surface area contributed by atoms with Crippen molar-refractivity contribution in [2.75, 3.05) is 11.4 Å². The molecule has 1 aromatic rings. The molecule has 2 rings (SSSR count). The number of sulfonamides is 1. The molecule has 0 bridgehead atoms. The van der Waals surface area contributed by atoms with Crippen LogP contribution in [0.5, 0.6) is 0 Å². The van der Waals surface area contributed by atoms with Crippen LogP contribution in [0.15, 0.2) is 10.5 Å². The van der Waals surface area contributed by atoms with E-state index in [0.717, 1.165) is 15.7 Å². The van der Waals surface area contributed by atoms with Crippen molar-refractivity contribution >= 4 is 37.7 Å². The van der Waals surface area contributed by atoms with Gasteiger partial charge in [-0.1, -0.05) is 0 Å². The van der Waals surface area contributed by atoms with Gasteiger partial charge < -0.3 is 0 Å². The molecule has 19 heavy (non-hydrogen) atoms. The van der Waals surface area contributed by atoms with E-state index in [9.17, 15) is 13.2 Å². The Morgan fingerprint density at radius 1 is 1.47 bits per heavy atom. The lowest BCUT2D eigenvalue weighted by molar-refractivity contribution is -0.117. The number of halogens is 1. The summed E-state index contributed by atoms with van der Waals surface area (Å²) in [4.78, 5) is 17.6. The van der Waals surface area contributed by atoms with Crippen molar-refractivity contribution in [3.05, 3.63) is 21.8 Å². The third kappa shape index (κ3) is 2.80. The van der Waals surface area contributed by atoms with E-state index in [4.69, 9.17) is 5.14 Å². The van der Waals surface area contributed by atoms with Gasteiger partial charge in [-0.2, -0.15) is 0 Å². The molecule has 1 aliphatic heterocycles. The number of pyridine rings is 1. The topological polar surface area (TPSA) is 93.4 Å². The molecule has 6 nitrogen and oxygen atoms in total. The Bertz CT molecular complexity index is 622. The van der Waals surface area contributed by atoms with Crippen molar-refractivity contribution in [3.63, 3.8) is 0 Å². The fourth-order valence-electron chi connectivity index (χ4n) is 2.05. The second-order valence-electron chi connectivity index (χ2n) is 4.62. The maximum absolute atomic E-state index is 11.9. The third-order valence-electron chi connectivity index (χ3n) is 3.12. The summed E-state index contributed by atoms with van der Waals surface area (Å²) in [6.07, 6.45) is -0.0886. The van der Waals surface area contributed by atoms with Crippen LogP contribution in [0.25, 0.3) is 0 Å². The quantitative estimate of drug-likeness (QED) is 0.858. The average Bonchev–Trinajstić information content (AvgIpc) is 2.67. The standard InChI is InChI=1S/C11H14BrN3O3S/c1-6-3-9(14-7(2)11(6)12)15-5-8(4-10(15)16)19(13,17)18/h3,8H,4-5H2,1-2H3,(H2,13,17,18). The lowest BCUT2D eigenvalue weighted by Crippen LogP contribution is -2.32. The minimum atomic E-state index is -3.70. The molecule has 0 aliphatic carbocycles. The molecule has 8 heteroatoms. The molecule has 1 aromatic heterocycles. The van der Waals surface area contributed by atoms with E-state index in [1.807, 2.05) is 13.8 Å². The molecule has 0 spiro atoms. The first-order valence-electron chi connectivity index (χ1n) is 5.66. The number of carbonyl (C=O) groups excluding carboxylic acids is 1. The van der Waals surface area contributed by atoms with Crippen molar-refractivity contribution in [3.8, 4) is 0 Å². The zero-order valence-electron chi connectivity index (χ0n) is 10.6. The van der Waals surface area contributed by atoms with Crippen molar-refractivity contribution in [1.82, 2.24) is 4.98 Å². The van der Waals surface area contributed by atoms with Gasteiger partial charge in [-0.05, 0) is 41.4 Å². The zero-order valence-corrected chi connectivity index (χ0v) is 13.0.